The van der Waals surface area contributed by atoms with Crippen molar-refractivity contribution in [2.45, 2.75) is 32.5 Å². The van der Waals surface area contributed by atoms with E-state index in [9.17, 15) is 4.79 Å². The van der Waals surface area contributed by atoms with Gasteiger partial charge in [-0.05, 0) is 31.5 Å². The highest BCUT2D eigenvalue weighted by Gasteiger charge is 2.30. The number of benzene rings is 1. The molecule has 0 fully saturated rings. The number of fused-ring (bicyclic) bond motifs is 3. The van der Waals surface area contributed by atoms with Crippen molar-refractivity contribution in [3.05, 3.63) is 52.7 Å². The average Bonchev–Trinajstić information content (AvgIpc) is 2.97. The maximum Gasteiger partial charge on any atom is 0.269 e. The smallest absolute Gasteiger partial charge is 0.269 e. The van der Waals surface area contributed by atoms with Gasteiger partial charge in [-0.1, -0.05) is 18.2 Å². The van der Waals surface area contributed by atoms with E-state index in [1.54, 1.807) is 23.5 Å². The molecule has 3 aromatic rings. The monoisotopic (exact) mass is 354 g/mol. The van der Waals surface area contributed by atoms with Gasteiger partial charge in [0.2, 0.25) is 0 Å². The summed E-state index contributed by atoms with van der Waals surface area (Å²) in [5.41, 5.74) is 7.25. The van der Waals surface area contributed by atoms with Crippen molar-refractivity contribution in [1.29, 1.82) is 0 Å². The summed E-state index contributed by atoms with van der Waals surface area (Å²) in [5.74, 6) is 0.407. The van der Waals surface area contributed by atoms with E-state index in [1.165, 1.54) is 16.8 Å². The van der Waals surface area contributed by atoms with Crippen LogP contribution in [0.3, 0.4) is 0 Å². The Morgan fingerprint density at radius 1 is 1.24 bits per heavy atom. The molecular weight excluding hydrogens is 336 g/mol. The minimum Gasteiger partial charge on any atom is -0.370 e. The minimum absolute atomic E-state index is 0.208. The second-order valence-corrected chi connectivity index (χ2v) is 7.66. The summed E-state index contributed by atoms with van der Waals surface area (Å²) in [6.07, 6.45) is 2.30. The number of carbonyl (C=O) groups is 1. The third kappa shape index (κ3) is 3.08. The zero-order valence-electron chi connectivity index (χ0n) is 14.0. The first-order valence-electron chi connectivity index (χ1n) is 8.04. The number of rotatable bonds is 3. The molecule has 0 atom stereocenters. The molecule has 6 nitrogen and oxygen atoms in total. The Morgan fingerprint density at radius 2 is 2.04 bits per heavy atom. The predicted molar refractivity (Wildman–Crippen MR) is 97.5 cm³/mol. The molecule has 0 saturated heterocycles. The largest absolute Gasteiger partial charge is 0.370 e. The maximum atomic E-state index is 12.2. The van der Waals surface area contributed by atoms with E-state index in [0.717, 1.165) is 16.6 Å². The van der Waals surface area contributed by atoms with Gasteiger partial charge in [0.05, 0.1) is 17.6 Å². The molecule has 1 amide bonds. The lowest BCUT2D eigenvalue weighted by Crippen LogP contribution is -2.32. The number of hydrogen-bond donors (Lipinski definition) is 2. The van der Waals surface area contributed by atoms with E-state index in [0.29, 0.717) is 18.0 Å². The van der Waals surface area contributed by atoms with Gasteiger partial charge >= 0.3 is 0 Å². The van der Waals surface area contributed by atoms with Crippen LogP contribution in [-0.4, -0.2) is 21.5 Å². The van der Waals surface area contributed by atoms with Gasteiger partial charge in [0, 0.05) is 16.9 Å². The fraction of sp³-hybridized carbons (Fsp3) is 0.278. The van der Waals surface area contributed by atoms with E-state index < -0.39 is 0 Å². The van der Waals surface area contributed by atoms with Crippen LogP contribution in [0.1, 0.15) is 34.6 Å². The Morgan fingerprint density at radius 3 is 2.84 bits per heavy atom. The quantitative estimate of drug-likeness (QED) is 0.706. The van der Waals surface area contributed by atoms with Crippen LogP contribution in [0.5, 0.6) is 0 Å². The molecule has 0 unspecified atom stereocenters. The summed E-state index contributed by atoms with van der Waals surface area (Å²) in [6, 6.07) is 9.06. The van der Waals surface area contributed by atoms with Gasteiger partial charge in [0.1, 0.15) is 11.2 Å². The van der Waals surface area contributed by atoms with Crippen molar-refractivity contribution >= 4 is 33.3 Å². The highest BCUT2D eigenvalue weighted by atomic mass is 32.1. The lowest BCUT2D eigenvalue weighted by Gasteiger charge is -2.30. The van der Waals surface area contributed by atoms with Crippen molar-refractivity contribution in [2.24, 2.45) is 0 Å². The van der Waals surface area contributed by atoms with E-state index in [4.69, 9.17) is 4.74 Å². The maximum absolute atomic E-state index is 12.2. The molecule has 2 aromatic heterocycles. The molecule has 128 valence electrons. The van der Waals surface area contributed by atoms with Crippen LogP contribution in [0.15, 0.2) is 36.7 Å². The Balaban J connectivity index is 1.64. The lowest BCUT2D eigenvalue weighted by atomic mass is 9.94. The number of hydrogen-bond acceptors (Lipinski definition) is 6. The average molecular weight is 354 g/mol. The molecule has 0 bridgehead atoms. The topological polar surface area (TPSA) is 76.1 Å². The molecule has 0 spiro atoms. The first kappa shape index (κ1) is 16.0. The number of aromatic nitrogens is 2. The zero-order valence-corrected chi connectivity index (χ0v) is 14.8. The Bertz CT molecular complexity index is 937. The number of nitrogens with one attached hydrogen (secondary N) is 2. The molecule has 1 aromatic carbocycles. The van der Waals surface area contributed by atoms with Gasteiger partial charge in [0.25, 0.3) is 5.91 Å². The summed E-state index contributed by atoms with van der Waals surface area (Å²) >= 11 is 1.62. The number of ether oxygens (including phenoxy) is 1. The van der Waals surface area contributed by atoms with E-state index in [-0.39, 0.29) is 11.5 Å². The fourth-order valence-corrected chi connectivity index (χ4v) is 4.02. The summed E-state index contributed by atoms with van der Waals surface area (Å²) < 4.78 is 5.89. The van der Waals surface area contributed by atoms with Crippen LogP contribution >= 0.6 is 11.3 Å². The first-order valence-corrected chi connectivity index (χ1v) is 8.86. The third-order valence-corrected chi connectivity index (χ3v) is 5.31. The van der Waals surface area contributed by atoms with Crippen LogP contribution in [-0.2, 0) is 17.8 Å². The second-order valence-electron chi connectivity index (χ2n) is 6.58. The Hall–Kier alpha value is -2.51. The third-order valence-electron chi connectivity index (χ3n) is 4.20. The molecule has 3 heterocycles. The molecule has 25 heavy (non-hydrogen) atoms. The summed E-state index contributed by atoms with van der Waals surface area (Å²) in [5, 5.41) is 0.965. The van der Waals surface area contributed by atoms with Crippen molar-refractivity contribution in [3.8, 4) is 0 Å². The SMILES string of the molecule is CC1(C)Cc2c(sc3ncnc(NNC(=O)c4ccccc4)c23)CO1. The molecule has 7 heteroatoms. The summed E-state index contributed by atoms with van der Waals surface area (Å²) in [4.78, 5) is 23.0. The number of anilines is 1. The van der Waals surface area contributed by atoms with Crippen LogP contribution in [0.25, 0.3) is 10.2 Å². The minimum atomic E-state index is -0.221. The van der Waals surface area contributed by atoms with Crippen LogP contribution in [0, 0.1) is 0 Å². The highest BCUT2D eigenvalue weighted by Crippen LogP contribution is 2.40. The number of thiophene rings is 1. The van der Waals surface area contributed by atoms with Gasteiger partial charge < -0.3 is 4.74 Å². The lowest BCUT2D eigenvalue weighted by molar-refractivity contribution is -0.0379. The van der Waals surface area contributed by atoms with Gasteiger partial charge in [-0.15, -0.1) is 11.3 Å². The highest BCUT2D eigenvalue weighted by molar-refractivity contribution is 7.18. The second kappa shape index (κ2) is 6.09. The molecule has 4 rings (SSSR count). The van der Waals surface area contributed by atoms with Crippen molar-refractivity contribution in [1.82, 2.24) is 15.4 Å². The number of carbonyl (C=O) groups excluding carboxylic acids is 1. The number of amides is 1. The van der Waals surface area contributed by atoms with Crippen LogP contribution in [0.4, 0.5) is 5.82 Å². The van der Waals surface area contributed by atoms with E-state index >= 15 is 0 Å². The molecule has 1 aliphatic heterocycles. The van der Waals surface area contributed by atoms with Crippen molar-refractivity contribution in [2.75, 3.05) is 5.43 Å². The molecule has 1 aliphatic rings. The standard InChI is InChI=1S/C18H18N4O2S/c1-18(2)8-12-13(9-24-18)25-17-14(12)15(19-10-20-17)21-22-16(23)11-6-4-3-5-7-11/h3-7,10H,8-9H2,1-2H3,(H,22,23)(H,19,20,21). The Labute approximate surface area is 149 Å². The molecule has 0 radical (unpaired) electrons. The summed E-state index contributed by atoms with van der Waals surface area (Å²) in [6.45, 7) is 4.74. The van der Waals surface area contributed by atoms with E-state index in [2.05, 4.69) is 34.7 Å². The fourth-order valence-electron chi connectivity index (χ4n) is 2.95. The van der Waals surface area contributed by atoms with Gasteiger partial charge in [-0.25, -0.2) is 9.97 Å². The van der Waals surface area contributed by atoms with Gasteiger partial charge in [-0.2, -0.15) is 0 Å². The first-order chi connectivity index (χ1) is 12.0. The number of nitrogens with zero attached hydrogens (tertiary/aromatic N) is 2. The van der Waals surface area contributed by atoms with Crippen LogP contribution in [0.2, 0.25) is 0 Å². The summed E-state index contributed by atoms with van der Waals surface area (Å²) in [7, 11) is 0. The molecule has 2 N–H and O–H groups in total. The molecule has 0 saturated carbocycles. The van der Waals surface area contributed by atoms with Crippen molar-refractivity contribution < 1.29 is 9.53 Å². The zero-order chi connectivity index (χ0) is 17.4. The Kier molecular flexibility index (Phi) is 3.89. The molecule has 0 aliphatic carbocycles. The molecular formula is C18H18N4O2S. The van der Waals surface area contributed by atoms with Gasteiger partial charge in [0.15, 0.2) is 5.82 Å². The predicted octanol–water partition coefficient (Wildman–Crippen LogP) is 3.30. The van der Waals surface area contributed by atoms with Crippen LogP contribution < -0.4 is 10.9 Å². The normalized spacial score (nSPS) is 15.6. The van der Waals surface area contributed by atoms with E-state index in [1.807, 2.05) is 18.2 Å². The van der Waals surface area contributed by atoms with Crippen molar-refractivity contribution in [3.63, 3.8) is 0 Å². The van der Waals surface area contributed by atoms with Gasteiger partial charge in [-0.3, -0.25) is 15.6 Å². The number of hydrazine groups is 1.